The third kappa shape index (κ3) is 4.45. The van der Waals surface area contributed by atoms with E-state index in [-0.39, 0.29) is 28.7 Å². The van der Waals surface area contributed by atoms with E-state index >= 15 is 0 Å². The van der Waals surface area contributed by atoms with E-state index in [1.165, 1.54) is 21.3 Å². The maximum absolute atomic E-state index is 12.7. The third-order valence-electron chi connectivity index (χ3n) is 4.05. The lowest BCUT2D eigenvalue weighted by molar-refractivity contribution is -0.384. The average molecular weight is 370 g/mol. The topological polar surface area (TPSA) is 113 Å². The lowest BCUT2D eigenvalue weighted by atomic mass is 10.2. The maximum Gasteiger partial charge on any atom is 0.293 e. The first-order chi connectivity index (χ1) is 11.7. The van der Waals surface area contributed by atoms with E-state index in [1.54, 1.807) is 14.1 Å². The molecule has 1 aromatic carbocycles. The first kappa shape index (κ1) is 19.1. The fourth-order valence-corrected chi connectivity index (χ4v) is 4.09. The Bertz CT molecular complexity index is 757. The number of likely N-dealkylation sites (N-methyl/N-ethyl adjacent to an activating group) is 1. The van der Waals surface area contributed by atoms with Gasteiger partial charge in [-0.2, -0.15) is 4.31 Å². The molecule has 1 fully saturated rings. The number of nitro groups is 1. The molecule has 2 rings (SSSR count). The van der Waals surface area contributed by atoms with Gasteiger partial charge in [-0.05, 0) is 25.0 Å². The number of nitrogens with zero attached hydrogens (tertiary/aromatic N) is 3. The highest BCUT2D eigenvalue weighted by Crippen LogP contribution is 2.29. The van der Waals surface area contributed by atoms with Crippen molar-refractivity contribution < 1.29 is 18.1 Å². The summed E-state index contributed by atoms with van der Waals surface area (Å²) in [6, 6.07) is 3.71. The van der Waals surface area contributed by atoms with Gasteiger partial charge in [0.05, 0.1) is 16.4 Å². The molecule has 138 valence electrons. The highest BCUT2D eigenvalue weighted by Gasteiger charge is 2.28. The van der Waals surface area contributed by atoms with Gasteiger partial charge >= 0.3 is 0 Å². The van der Waals surface area contributed by atoms with Crippen LogP contribution in [-0.4, -0.2) is 62.2 Å². The molecule has 0 unspecified atom stereocenters. The summed E-state index contributed by atoms with van der Waals surface area (Å²) in [5.74, 6) is -0.251. The molecular formula is C15H22N4O5S. The van der Waals surface area contributed by atoms with E-state index in [1.807, 2.05) is 0 Å². The molecule has 1 amide bonds. The van der Waals surface area contributed by atoms with Gasteiger partial charge in [0, 0.05) is 33.3 Å². The number of anilines is 1. The Kier molecular flexibility index (Phi) is 5.96. The summed E-state index contributed by atoms with van der Waals surface area (Å²) in [5, 5.41) is 14.0. The van der Waals surface area contributed by atoms with Gasteiger partial charge in [0.15, 0.2) is 0 Å². The van der Waals surface area contributed by atoms with Gasteiger partial charge in [-0.25, -0.2) is 8.42 Å². The van der Waals surface area contributed by atoms with E-state index in [0.29, 0.717) is 13.1 Å². The fraction of sp³-hybridized carbons (Fsp3) is 0.533. The van der Waals surface area contributed by atoms with Crippen LogP contribution in [0.25, 0.3) is 0 Å². The number of amides is 1. The van der Waals surface area contributed by atoms with Crippen molar-refractivity contribution in [2.45, 2.75) is 24.2 Å². The van der Waals surface area contributed by atoms with Gasteiger partial charge in [-0.3, -0.25) is 14.9 Å². The maximum atomic E-state index is 12.7. The molecule has 1 aliphatic rings. The van der Waals surface area contributed by atoms with Crippen LogP contribution in [0.2, 0.25) is 0 Å². The normalized spacial score (nSPS) is 15.6. The number of hydrogen-bond acceptors (Lipinski definition) is 6. The summed E-state index contributed by atoms with van der Waals surface area (Å²) in [4.78, 5) is 23.5. The molecule has 25 heavy (non-hydrogen) atoms. The minimum atomic E-state index is -3.75. The van der Waals surface area contributed by atoms with Gasteiger partial charge in [-0.1, -0.05) is 6.42 Å². The second-order valence-electron chi connectivity index (χ2n) is 6.04. The molecule has 1 aromatic rings. The first-order valence-corrected chi connectivity index (χ1v) is 9.40. The lowest BCUT2D eigenvalue weighted by Gasteiger charge is -2.25. The van der Waals surface area contributed by atoms with Gasteiger partial charge < -0.3 is 10.2 Å². The van der Waals surface area contributed by atoms with Crippen molar-refractivity contribution in [3.8, 4) is 0 Å². The number of rotatable bonds is 6. The van der Waals surface area contributed by atoms with Gasteiger partial charge in [-0.15, -0.1) is 0 Å². The monoisotopic (exact) mass is 370 g/mol. The molecule has 0 aromatic heterocycles. The molecule has 0 saturated carbocycles. The van der Waals surface area contributed by atoms with Crippen molar-refractivity contribution in [1.82, 2.24) is 9.21 Å². The Hall–Kier alpha value is -2.20. The van der Waals surface area contributed by atoms with Crippen molar-refractivity contribution in [3.63, 3.8) is 0 Å². The Morgan fingerprint density at radius 2 is 1.92 bits per heavy atom. The third-order valence-corrected chi connectivity index (χ3v) is 5.94. The number of piperidine rings is 1. The molecular weight excluding hydrogens is 348 g/mol. The molecule has 1 aliphatic heterocycles. The Morgan fingerprint density at radius 3 is 2.48 bits per heavy atom. The zero-order valence-corrected chi connectivity index (χ0v) is 15.1. The number of benzene rings is 1. The second-order valence-corrected chi connectivity index (χ2v) is 7.98. The second kappa shape index (κ2) is 7.79. The fourth-order valence-electron chi connectivity index (χ4n) is 2.56. The standard InChI is InChI=1S/C15H22N4O5S/c1-17(2)15(20)11-16-13-7-6-12(10-14(13)19(21)22)25(23,24)18-8-4-3-5-9-18/h6-7,10,16H,3-5,8-9,11H2,1-2H3. The van der Waals surface area contributed by atoms with Crippen LogP contribution in [0.1, 0.15) is 19.3 Å². The SMILES string of the molecule is CN(C)C(=O)CNc1ccc(S(=O)(=O)N2CCCCC2)cc1[N+](=O)[O-]. The van der Waals surface area contributed by atoms with Crippen LogP contribution in [0.4, 0.5) is 11.4 Å². The molecule has 1 heterocycles. The van der Waals surface area contributed by atoms with Gasteiger partial charge in [0.2, 0.25) is 15.9 Å². The van der Waals surface area contributed by atoms with Crippen LogP contribution < -0.4 is 5.32 Å². The van der Waals surface area contributed by atoms with Crippen LogP contribution in [0.5, 0.6) is 0 Å². The van der Waals surface area contributed by atoms with Crippen LogP contribution in [0.3, 0.4) is 0 Å². The average Bonchev–Trinajstić information content (AvgIpc) is 2.59. The van der Waals surface area contributed by atoms with Crippen molar-refractivity contribution in [3.05, 3.63) is 28.3 Å². The predicted molar refractivity (Wildman–Crippen MR) is 92.9 cm³/mol. The number of nitrogens with one attached hydrogen (secondary N) is 1. The number of carbonyl (C=O) groups is 1. The predicted octanol–water partition coefficient (Wildman–Crippen LogP) is 1.27. The minimum absolute atomic E-state index is 0.106. The first-order valence-electron chi connectivity index (χ1n) is 7.96. The number of sulfonamides is 1. The van der Waals surface area contributed by atoms with Crippen molar-refractivity contribution in [1.29, 1.82) is 0 Å². The molecule has 0 atom stereocenters. The Balaban J connectivity index is 2.28. The molecule has 1 saturated heterocycles. The highest BCUT2D eigenvalue weighted by atomic mass is 32.2. The molecule has 0 bridgehead atoms. The van der Waals surface area contributed by atoms with Crippen molar-refractivity contribution >= 4 is 27.3 Å². The molecule has 1 N–H and O–H groups in total. The summed E-state index contributed by atoms with van der Waals surface area (Å²) in [5.41, 5.74) is -0.262. The summed E-state index contributed by atoms with van der Waals surface area (Å²) in [6.45, 7) is 0.729. The molecule has 10 heteroatoms. The number of nitro benzene ring substituents is 1. The quantitative estimate of drug-likeness (QED) is 0.596. The van der Waals surface area contributed by atoms with E-state index in [0.717, 1.165) is 25.3 Å². The molecule has 9 nitrogen and oxygen atoms in total. The summed E-state index contributed by atoms with van der Waals surface area (Å²) in [7, 11) is -0.601. The van der Waals surface area contributed by atoms with Crippen LogP contribution in [0.15, 0.2) is 23.1 Å². The number of carbonyl (C=O) groups excluding carboxylic acids is 1. The Morgan fingerprint density at radius 1 is 1.28 bits per heavy atom. The smallest absolute Gasteiger partial charge is 0.293 e. The van der Waals surface area contributed by atoms with Crippen LogP contribution in [0, 0.1) is 10.1 Å². The van der Waals surface area contributed by atoms with Crippen LogP contribution in [-0.2, 0) is 14.8 Å². The van der Waals surface area contributed by atoms with Gasteiger partial charge in [0.1, 0.15) is 5.69 Å². The largest absolute Gasteiger partial charge is 0.371 e. The highest BCUT2D eigenvalue weighted by molar-refractivity contribution is 7.89. The van der Waals surface area contributed by atoms with E-state index in [2.05, 4.69) is 5.32 Å². The van der Waals surface area contributed by atoms with Crippen LogP contribution >= 0.6 is 0 Å². The number of hydrogen-bond donors (Lipinski definition) is 1. The van der Waals surface area contributed by atoms with Crippen molar-refractivity contribution in [2.75, 3.05) is 39.0 Å². The Labute approximate surface area is 146 Å². The molecule has 0 spiro atoms. The van der Waals surface area contributed by atoms with E-state index in [9.17, 15) is 23.3 Å². The summed E-state index contributed by atoms with van der Waals surface area (Å²) < 4.78 is 26.7. The van der Waals surface area contributed by atoms with E-state index < -0.39 is 14.9 Å². The summed E-state index contributed by atoms with van der Waals surface area (Å²) >= 11 is 0. The van der Waals surface area contributed by atoms with E-state index in [4.69, 9.17) is 0 Å². The molecule has 0 radical (unpaired) electrons. The lowest BCUT2D eigenvalue weighted by Crippen LogP contribution is -2.35. The molecule has 0 aliphatic carbocycles. The minimum Gasteiger partial charge on any atom is -0.371 e. The zero-order chi connectivity index (χ0) is 18.6. The zero-order valence-electron chi connectivity index (χ0n) is 14.3. The summed E-state index contributed by atoms with van der Waals surface area (Å²) in [6.07, 6.45) is 2.55. The van der Waals surface area contributed by atoms with Gasteiger partial charge in [0.25, 0.3) is 5.69 Å². The van der Waals surface area contributed by atoms with Crippen molar-refractivity contribution in [2.24, 2.45) is 0 Å².